The third kappa shape index (κ3) is 3.24. The van der Waals surface area contributed by atoms with Gasteiger partial charge in [0, 0.05) is 12.2 Å². The summed E-state index contributed by atoms with van der Waals surface area (Å²) < 4.78 is 11.3. The first-order valence-electron chi connectivity index (χ1n) is 6.70. The highest BCUT2D eigenvalue weighted by atomic mass is 16.5. The molecule has 0 saturated carbocycles. The third-order valence-electron chi connectivity index (χ3n) is 3.25. The van der Waals surface area contributed by atoms with Crippen LogP contribution in [0.3, 0.4) is 0 Å². The first kappa shape index (κ1) is 13.4. The van der Waals surface area contributed by atoms with E-state index < -0.39 is 6.10 Å². The van der Waals surface area contributed by atoms with Gasteiger partial charge >= 0.3 is 0 Å². The molecule has 0 radical (unpaired) electrons. The van der Waals surface area contributed by atoms with E-state index in [1.165, 1.54) is 0 Å². The summed E-state index contributed by atoms with van der Waals surface area (Å²) >= 11 is 0. The number of hydrogen-bond acceptors (Lipinski definition) is 3. The number of fused-ring (bicyclic) bond motifs is 1. The molecule has 1 aromatic rings. The van der Waals surface area contributed by atoms with E-state index in [-0.39, 0.29) is 6.10 Å². The first-order chi connectivity index (χ1) is 8.68. The van der Waals surface area contributed by atoms with Gasteiger partial charge < -0.3 is 14.6 Å². The van der Waals surface area contributed by atoms with Gasteiger partial charge in [-0.1, -0.05) is 32.0 Å². The fourth-order valence-corrected chi connectivity index (χ4v) is 2.19. The number of para-hydroxylation sites is 1. The summed E-state index contributed by atoms with van der Waals surface area (Å²) in [5.74, 6) is 1.47. The van der Waals surface area contributed by atoms with E-state index in [0.717, 1.165) is 24.2 Å². The maximum Gasteiger partial charge on any atom is 0.125 e. The minimum Gasteiger partial charge on any atom is -0.490 e. The van der Waals surface area contributed by atoms with Gasteiger partial charge in [0.15, 0.2) is 0 Å². The van der Waals surface area contributed by atoms with Crippen molar-refractivity contribution < 1.29 is 14.6 Å². The van der Waals surface area contributed by atoms with Crippen LogP contribution in [-0.4, -0.2) is 24.4 Å². The molecule has 0 aliphatic carbocycles. The zero-order chi connectivity index (χ0) is 13.0. The molecule has 1 N–H and O–H groups in total. The molecular formula is C15H22O3. The predicted molar refractivity (Wildman–Crippen MR) is 70.7 cm³/mol. The summed E-state index contributed by atoms with van der Waals surface area (Å²) in [5, 5.41) is 10.2. The highest BCUT2D eigenvalue weighted by Crippen LogP contribution is 2.33. The molecule has 100 valence electrons. The fraction of sp³-hybridized carbons (Fsp3) is 0.600. The Kier molecular flexibility index (Phi) is 4.61. The molecule has 0 fully saturated rings. The molecule has 2 atom stereocenters. The molecule has 2 rings (SSSR count). The lowest BCUT2D eigenvalue weighted by Crippen LogP contribution is -2.33. The second kappa shape index (κ2) is 6.21. The largest absolute Gasteiger partial charge is 0.490 e. The number of aliphatic hydroxyl groups excluding tert-OH is 1. The lowest BCUT2D eigenvalue weighted by atomic mass is 10.0. The van der Waals surface area contributed by atoms with E-state index in [1.807, 2.05) is 24.3 Å². The Labute approximate surface area is 109 Å². The molecule has 1 aromatic carbocycles. The van der Waals surface area contributed by atoms with Gasteiger partial charge in [0.2, 0.25) is 0 Å². The molecule has 1 aliphatic rings. The summed E-state index contributed by atoms with van der Waals surface area (Å²) in [5.41, 5.74) is 0.831. The van der Waals surface area contributed by atoms with Crippen LogP contribution in [0.15, 0.2) is 24.3 Å². The van der Waals surface area contributed by atoms with Crippen molar-refractivity contribution >= 4 is 0 Å². The van der Waals surface area contributed by atoms with Crippen LogP contribution in [0.4, 0.5) is 0 Å². The average molecular weight is 250 g/mol. The van der Waals surface area contributed by atoms with Crippen LogP contribution >= 0.6 is 0 Å². The molecule has 1 aliphatic heterocycles. The smallest absolute Gasteiger partial charge is 0.125 e. The Hall–Kier alpha value is -1.06. The van der Waals surface area contributed by atoms with Gasteiger partial charge in [0.05, 0.1) is 0 Å². The van der Waals surface area contributed by atoms with Crippen molar-refractivity contribution in [2.24, 2.45) is 5.92 Å². The number of aliphatic hydroxyl groups is 1. The molecule has 18 heavy (non-hydrogen) atoms. The highest BCUT2D eigenvalue weighted by Gasteiger charge is 2.29. The molecule has 0 amide bonds. The van der Waals surface area contributed by atoms with Crippen molar-refractivity contribution in [1.29, 1.82) is 0 Å². The van der Waals surface area contributed by atoms with Crippen LogP contribution < -0.4 is 4.74 Å². The minimum absolute atomic E-state index is 0.243. The Balaban J connectivity index is 1.85. The van der Waals surface area contributed by atoms with Gasteiger partial charge in [-0.25, -0.2) is 0 Å². The van der Waals surface area contributed by atoms with Crippen LogP contribution in [0.25, 0.3) is 0 Å². The summed E-state index contributed by atoms with van der Waals surface area (Å²) in [6, 6.07) is 7.60. The third-order valence-corrected chi connectivity index (χ3v) is 3.25. The number of rotatable bonds is 5. The number of benzene rings is 1. The fourth-order valence-electron chi connectivity index (χ4n) is 2.19. The zero-order valence-corrected chi connectivity index (χ0v) is 11.1. The Bertz CT molecular complexity index is 376. The van der Waals surface area contributed by atoms with Gasteiger partial charge in [-0.2, -0.15) is 0 Å². The molecule has 0 saturated heterocycles. The minimum atomic E-state index is -0.575. The second-order valence-corrected chi connectivity index (χ2v) is 5.24. The lowest BCUT2D eigenvalue weighted by Gasteiger charge is -2.30. The van der Waals surface area contributed by atoms with Crippen molar-refractivity contribution in [3.8, 4) is 5.75 Å². The van der Waals surface area contributed by atoms with Crippen LogP contribution in [0.5, 0.6) is 5.75 Å². The monoisotopic (exact) mass is 250 g/mol. The van der Waals surface area contributed by atoms with Crippen molar-refractivity contribution in [3.63, 3.8) is 0 Å². The van der Waals surface area contributed by atoms with E-state index in [1.54, 1.807) is 0 Å². The number of hydrogen-bond donors (Lipinski definition) is 1. The van der Waals surface area contributed by atoms with E-state index in [0.29, 0.717) is 19.1 Å². The molecule has 0 aromatic heterocycles. The molecule has 3 nitrogen and oxygen atoms in total. The summed E-state index contributed by atoms with van der Waals surface area (Å²) in [7, 11) is 0. The van der Waals surface area contributed by atoms with Gasteiger partial charge in [0.1, 0.15) is 24.6 Å². The zero-order valence-electron chi connectivity index (χ0n) is 11.1. The van der Waals surface area contributed by atoms with Crippen LogP contribution in [0.2, 0.25) is 0 Å². The number of ether oxygens (including phenoxy) is 2. The van der Waals surface area contributed by atoms with Crippen molar-refractivity contribution in [2.75, 3.05) is 13.2 Å². The Morgan fingerprint density at radius 1 is 1.39 bits per heavy atom. The summed E-state index contributed by atoms with van der Waals surface area (Å²) in [6.45, 7) is 5.52. The second-order valence-electron chi connectivity index (χ2n) is 5.24. The normalized spacial score (nSPS) is 22.7. The topological polar surface area (TPSA) is 38.7 Å². The van der Waals surface area contributed by atoms with Gasteiger partial charge in [-0.05, 0) is 24.8 Å². The van der Waals surface area contributed by atoms with E-state index in [9.17, 15) is 5.11 Å². The predicted octanol–water partition coefficient (Wildman–Crippen LogP) is 2.93. The Morgan fingerprint density at radius 2 is 2.17 bits per heavy atom. The van der Waals surface area contributed by atoms with Crippen LogP contribution in [-0.2, 0) is 4.74 Å². The van der Waals surface area contributed by atoms with E-state index >= 15 is 0 Å². The lowest BCUT2D eigenvalue weighted by molar-refractivity contribution is -0.0732. The maximum absolute atomic E-state index is 10.2. The van der Waals surface area contributed by atoms with Gasteiger partial charge in [0.25, 0.3) is 0 Å². The molecule has 0 bridgehead atoms. The van der Waals surface area contributed by atoms with Crippen molar-refractivity contribution in [2.45, 2.75) is 38.9 Å². The molecular weight excluding hydrogens is 228 g/mol. The van der Waals surface area contributed by atoms with E-state index in [2.05, 4.69) is 13.8 Å². The standard InChI is InChI=1S/C15H22O3/c1-11(2)6-5-9-17-14-10-18-13-8-4-3-7-12(13)15(14)16/h3-4,7-8,11,14-16H,5-6,9-10H2,1-2H3. The van der Waals surface area contributed by atoms with E-state index in [4.69, 9.17) is 9.47 Å². The molecule has 0 spiro atoms. The maximum atomic E-state index is 10.2. The van der Waals surface area contributed by atoms with Gasteiger partial charge in [-0.3, -0.25) is 0 Å². The van der Waals surface area contributed by atoms with Crippen LogP contribution in [0.1, 0.15) is 38.4 Å². The molecule has 2 unspecified atom stereocenters. The Morgan fingerprint density at radius 3 is 2.94 bits per heavy atom. The van der Waals surface area contributed by atoms with Crippen molar-refractivity contribution in [3.05, 3.63) is 29.8 Å². The van der Waals surface area contributed by atoms with Crippen molar-refractivity contribution in [1.82, 2.24) is 0 Å². The van der Waals surface area contributed by atoms with Gasteiger partial charge in [-0.15, -0.1) is 0 Å². The SMILES string of the molecule is CC(C)CCCOC1COc2ccccc2C1O. The van der Waals surface area contributed by atoms with Crippen LogP contribution in [0, 0.1) is 5.92 Å². The molecule has 1 heterocycles. The summed E-state index contributed by atoms with van der Waals surface area (Å²) in [6.07, 6.45) is 1.36. The summed E-state index contributed by atoms with van der Waals surface area (Å²) in [4.78, 5) is 0. The first-order valence-corrected chi connectivity index (χ1v) is 6.70. The molecule has 3 heteroatoms. The average Bonchev–Trinajstić information content (AvgIpc) is 2.37. The quantitative estimate of drug-likeness (QED) is 0.817. The highest BCUT2D eigenvalue weighted by molar-refractivity contribution is 5.37.